The second kappa shape index (κ2) is 8.23. The van der Waals surface area contributed by atoms with E-state index in [0.29, 0.717) is 5.75 Å². The highest BCUT2D eigenvalue weighted by Gasteiger charge is 2.21. The van der Waals surface area contributed by atoms with Gasteiger partial charge in [-0.05, 0) is 23.8 Å². The molecule has 3 aromatic rings. The zero-order valence-corrected chi connectivity index (χ0v) is 14.8. The molecule has 0 saturated heterocycles. The van der Waals surface area contributed by atoms with Crippen molar-refractivity contribution >= 4 is 28.9 Å². The normalized spacial score (nSPS) is 12.2. The minimum absolute atomic E-state index is 0.188. The summed E-state index contributed by atoms with van der Waals surface area (Å²) in [6.45, 7) is 0. The number of aromatic amines is 1. The highest BCUT2D eigenvalue weighted by molar-refractivity contribution is 5.95. The number of rotatable bonds is 7. The molecule has 6 heteroatoms. The third kappa shape index (κ3) is 4.36. The van der Waals surface area contributed by atoms with E-state index in [-0.39, 0.29) is 6.42 Å². The van der Waals surface area contributed by atoms with Crippen molar-refractivity contribution < 1.29 is 19.4 Å². The number of nitrogens with one attached hydrogen (secondary N) is 2. The second-order valence-electron chi connectivity index (χ2n) is 6.04. The minimum Gasteiger partial charge on any atom is -0.496 e. The number of methoxy groups -OCH3 is 1. The quantitative estimate of drug-likeness (QED) is 0.562. The number of carbonyl (C=O) groups excluding carboxylic acids is 1. The van der Waals surface area contributed by atoms with Crippen LogP contribution >= 0.6 is 0 Å². The minimum atomic E-state index is -1.08. The van der Waals surface area contributed by atoms with Crippen LogP contribution in [0.25, 0.3) is 17.0 Å². The molecule has 0 saturated carbocycles. The fourth-order valence-corrected chi connectivity index (χ4v) is 2.91. The molecular weight excluding hydrogens is 344 g/mol. The van der Waals surface area contributed by atoms with Gasteiger partial charge in [-0.15, -0.1) is 0 Å². The van der Waals surface area contributed by atoms with Crippen LogP contribution in [0, 0.1) is 0 Å². The molecule has 138 valence electrons. The maximum Gasteiger partial charge on any atom is 0.326 e. The summed E-state index contributed by atoms with van der Waals surface area (Å²) in [4.78, 5) is 26.9. The number of H-pyrrole nitrogens is 1. The molecule has 0 aliphatic rings. The lowest BCUT2D eigenvalue weighted by Crippen LogP contribution is -2.41. The molecule has 27 heavy (non-hydrogen) atoms. The van der Waals surface area contributed by atoms with Crippen molar-refractivity contribution in [3.8, 4) is 5.75 Å². The Kier molecular flexibility index (Phi) is 5.56. The van der Waals surface area contributed by atoms with Gasteiger partial charge < -0.3 is 20.1 Å². The largest absolute Gasteiger partial charge is 0.496 e. The van der Waals surface area contributed by atoms with E-state index in [0.717, 1.165) is 22.0 Å². The Bertz CT molecular complexity index is 991. The van der Waals surface area contributed by atoms with Crippen LogP contribution in [-0.4, -0.2) is 35.1 Å². The Labute approximate surface area is 156 Å². The third-order valence-electron chi connectivity index (χ3n) is 4.27. The molecule has 6 nitrogen and oxygen atoms in total. The summed E-state index contributed by atoms with van der Waals surface area (Å²) in [6, 6.07) is 13.9. The van der Waals surface area contributed by atoms with Crippen molar-refractivity contribution in [1.82, 2.24) is 10.3 Å². The van der Waals surface area contributed by atoms with Crippen LogP contribution in [0.4, 0.5) is 0 Å². The van der Waals surface area contributed by atoms with Gasteiger partial charge in [0.05, 0.1) is 7.11 Å². The molecule has 0 spiro atoms. The van der Waals surface area contributed by atoms with Gasteiger partial charge in [0.25, 0.3) is 0 Å². The topological polar surface area (TPSA) is 91.4 Å². The number of hydrogen-bond acceptors (Lipinski definition) is 3. The number of amides is 1. The summed E-state index contributed by atoms with van der Waals surface area (Å²) >= 11 is 0. The zero-order chi connectivity index (χ0) is 19.2. The Hall–Kier alpha value is -3.54. The lowest BCUT2D eigenvalue weighted by atomic mass is 10.0. The van der Waals surface area contributed by atoms with Crippen LogP contribution in [0.5, 0.6) is 5.75 Å². The molecule has 0 unspecified atom stereocenters. The van der Waals surface area contributed by atoms with E-state index in [1.165, 1.54) is 6.08 Å². The molecule has 0 fully saturated rings. The summed E-state index contributed by atoms with van der Waals surface area (Å²) in [5.74, 6) is -0.928. The Morgan fingerprint density at radius 1 is 1.19 bits per heavy atom. The summed E-state index contributed by atoms with van der Waals surface area (Å²) < 4.78 is 5.23. The number of fused-ring (bicyclic) bond motifs is 1. The van der Waals surface area contributed by atoms with Crippen LogP contribution in [0.15, 0.2) is 60.8 Å². The Balaban J connectivity index is 1.71. The highest BCUT2D eigenvalue weighted by atomic mass is 16.5. The van der Waals surface area contributed by atoms with Gasteiger partial charge in [-0.3, -0.25) is 4.79 Å². The van der Waals surface area contributed by atoms with E-state index in [2.05, 4.69) is 10.3 Å². The molecule has 0 radical (unpaired) electrons. The Morgan fingerprint density at radius 2 is 1.93 bits per heavy atom. The van der Waals surface area contributed by atoms with Gasteiger partial charge in [-0.1, -0.05) is 36.4 Å². The highest BCUT2D eigenvalue weighted by Crippen LogP contribution is 2.20. The number of aliphatic carboxylic acids is 1. The van der Waals surface area contributed by atoms with Crippen molar-refractivity contribution in [1.29, 1.82) is 0 Å². The first-order chi connectivity index (χ1) is 13.1. The van der Waals surface area contributed by atoms with Crippen molar-refractivity contribution in [2.45, 2.75) is 12.5 Å². The number of carboxylic acids is 1. The van der Waals surface area contributed by atoms with Gasteiger partial charge in [0.2, 0.25) is 5.91 Å². The third-order valence-corrected chi connectivity index (χ3v) is 4.27. The number of para-hydroxylation sites is 2. The molecule has 3 N–H and O–H groups in total. The average molecular weight is 364 g/mol. The van der Waals surface area contributed by atoms with Gasteiger partial charge in [0, 0.05) is 35.2 Å². The number of ether oxygens (including phenoxy) is 1. The fraction of sp³-hybridized carbons (Fsp3) is 0.143. The van der Waals surface area contributed by atoms with E-state index in [1.54, 1.807) is 25.4 Å². The van der Waals surface area contributed by atoms with E-state index in [1.807, 2.05) is 42.5 Å². The van der Waals surface area contributed by atoms with Crippen LogP contribution < -0.4 is 10.1 Å². The van der Waals surface area contributed by atoms with Crippen molar-refractivity contribution in [3.63, 3.8) is 0 Å². The molecule has 1 aromatic heterocycles. The average Bonchev–Trinajstić information content (AvgIpc) is 3.09. The summed E-state index contributed by atoms with van der Waals surface area (Å²) in [5.41, 5.74) is 2.50. The number of benzene rings is 2. The predicted octanol–water partition coefficient (Wildman–Crippen LogP) is 3.00. The van der Waals surface area contributed by atoms with Gasteiger partial charge in [0.1, 0.15) is 11.8 Å². The molecule has 2 aromatic carbocycles. The van der Waals surface area contributed by atoms with Crippen LogP contribution in [-0.2, 0) is 16.0 Å². The van der Waals surface area contributed by atoms with Gasteiger partial charge in [-0.25, -0.2) is 4.79 Å². The van der Waals surface area contributed by atoms with Gasteiger partial charge in [-0.2, -0.15) is 0 Å². The SMILES string of the molecule is COc1ccccc1/C=C/C(=O)N[C@@H](Cc1c[nH]c2ccccc12)C(=O)O. The predicted molar refractivity (Wildman–Crippen MR) is 104 cm³/mol. The van der Waals surface area contributed by atoms with Crippen molar-refractivity contribution in [3.05, 3.63) is 71.9 Å². The molecule has 1 amide bonds. The van der Waals surface area contributed by atoms with E-state index >= 15 is 0 Å². The zero-order valence-electron chi connectivity index (χ0n) is 14.8. The first-order valence-corrected chi connectivity index (χ1v) is 8.48. The maximum absolute atomic E-state index is 12.2. The molecule has 1 heterocycles. The van der Waals surface area contributed by atoms with E-state index in [4.69, 9.17) is 4.74 Å². The molecule has 1 atom stereocenters. The van der Waals surface area contributed by atoms with Crippen molar-refractivity contribution in [2.24, 2.45) is 0 Å². The standard InChI is InChI=1S/C21H20N2O4/c1-27-19-9-5-2-6-14(19)10-11-20(24)23-18(21(25)26)12-15-13-22-17-8-4-3-7-16(15)17/h2-11,13,18,22H,12H2,1H3,(H,23,24)(H,25,26)/b11-10+/t18-/m0/s1. The molecule has 0 aliphatic carbocycles. The number of carbonyl (C=O) groups is 2. The first kappa shape index (κ1) is 18.3. The van der Waals surface area contributed by atoms with E-state index < -0.39 is 17.9 Å². The lowest BCUT2D eigenvalue weighted by molar-refractivity contribution is -0.141. The number of hydrogen-bond donors (Lipinski definition) is 3. The van der Waals surface area contributed by atoms with E-state index in [9.17, 15) is 14.7 Å². The van der Waals surface area contributed by atoms with Crippen LogP contribution in [0.3, 0.4) is 0 Å². The molecule has 3 rings (SSSR count). The van der Waals surface area contributed by atoms with Gasteiger partial charge >= 0.3 is 5.97 Å². The lowest BCUT2D eigenvalue weighted by Gasteiger charge is -2.13. The molecule has 0 aliphatic heterocycles. The summed E-state index contributed by atoms with van der Waals surface area (Å²) in [5, 5.41) is 13.0. The number of aromatic nitrogens is 1. The number of carboxylic acid groups (broad SMARTS) is 1. The summed E-state index contributed by atoms with van der Waals surface area (Å²) in [6.07, 6.45) is 4.87. The molecule has 0 bridgehead atoms. The monoisotopic (exact) mass is 364 g/mol. The first-order valence-electron chi connectivity index (χ1n) is 8.48. The summed E-state index contributed by atoms with van der Waals surface area (Å²) in [7, 11) is 1.55. The van der Waals surface area contributed by atoms with Crippen LogP contribution in [0.2, 0.25) is 0 Å². The Morgan fingerprint density at radius 3 is 2.70 bits per heavy atom. The maximum atomic E-state index is 12.2. The second-order valence-corrected chi connectivity index (χ2v) is 6.04. The smallest absolute Gasteiger partial charge is 0.326 e. The van der Waals surface area contributed by atoms with Crippen LogP contribution in [0.1, 0.15) is 11.1 Å². The fourth-order valence-electron chi connectivity index (χ4n) is 2.91. The van der Waals surface area contributed by atoms with Crippen molar-refractivity contribution in [2.75, 3.05) is 7.11 Å². The molecular formula is C21H20N2O4. The van der Waals surface area contributed by atoms with Gasteiger partial charge in [0.15, 0.2) is 0 Å².